The number of amides is 1. The first kappa shape index (κ1) is 13.0. The minimum atomic E-state index is -0.0782. The molecule has 0 bridgehead atoms. The van der Waals surface area contributed by atoms with Crippen LogP contribution in [0.15, 0.2) is 6.20 Å². The van der Waals surface area contributed by atoms with E-state index in [2.05, 4.69) is 10.4 Å². The smallest absolute Gasteiger partial charge is 0.254 e. The van der Waals surface area contributed by atoms with Gasteiger partial charge in [0.05, 0.1) is 11.8 Å². The van der Waals surface area contributed by atoms with Crippen LogP contribution in [-0.4, -0.2) is 27.6 Å². The molecular formula is C11H18ClN3O. The maximum absolute atomic E-state index is 11.7. The highest BCUT2D eigenvalue weighted by Gasteiger charge is 2.12. The Labute approximate surface area is 101 Å². The van der Waals surface area contributed by atoms with Crippen molar-refractivity contribution in [3.8, 4) is 0 Å². The van der Waals surface area contributed by atoms with Crippen molar-refractivity contribution >= 4 is 17.5 Å². The SMILES string of the molecule is CCC(Cl)CCNC(=O)c1cnn(C)c1C. The minimum Gasteiger partial charge on any atom is -0.352 e. The van der Waals surface area contributed by atoms with E-state index in [4.69, 9.17) is 11.6 Å². The number of carbonyl (C=O) groups is 1. The second-order valence-corrected chi connectivity index (χ2v) is 4.43. The van der Waals surface area contributed by atoms with Crippen LogP contribution in [0, 0.1) is 6.92 Å². The fourth-order valence-corrected chi connectivity index (χ4v) is 1.47. The van der Waals surface area contributed by atoms with Crippen LogP contribution >= 0.6 is 11.6 Å². The van der Waals surface area contributed by atoms with Crippen LogP contribution in [0.1, 0.15) is 35.8 Å². The Bertz CT molecular complexity index is 362. The highest BCUT2D eigenvalue weighted by molar-refractivity contribution is 6.20. The van der Waals surface area contributed by atoms with Crippen molar-refractivity contribution in [1.29, 1.82) is 0 Å². The number of nitrogens with zero attached hydrogens (tertiary/aromatic N) is 2. The largest absolute Gasteiger partial charge is 0.352 e. The highest BCUT2D eigenvalue weighted by atomic mass is 35.5. The molecule has 1 unspecified atom stereocenters. The van der Waals surface area contributed by atoms with Crippen molar-refractivity contribution in [2.75, 3.05) is 6.54 Å². The van der Waals surface area contributed by atoms with E-state index >= 15 is 0 Å². The van der Waals surface area contributed by atoms with Crippen LogP contribution in [0.2, 0.25) is 0 Å². The van der Waals surface area contributed by atoms with E-state index in [-0.39, 0.29) is 11.3 Å². The van der Waals surface area contributed by atoms with E-state index in [1.807, 2.05) is 20.9 Å². The number of alkyl halides is 1. The molecule has 1 amide bonds. The van der Waals surface area contributed by atoms with Gasteiger partial charge in [0.25, 0.3) is 5.91 Å². The van der Waals surface area contributed by atoms with Crippen molar-refractivity contribution < 1.29 is 4.79 Å². The number of halogens is 1. The third-order valence-electron chi connectivity index (χ3n) is 2.67. The number of hydrogen-bond acceptors (Lipinski definition) is 2. The fourth-order valence-electron chi connectivity index (χ4n) is 1.36. The molecule has 0 aliphatic heterocycles. The lowest BCUT2D eigenvalue weighted by Gasteiger charge is -2.07. The molecule has 1 aromatic rings. The van der Waals surface area contributed by atoms with Crippen molar-refractivity contribution in [2.45, 2.75) is 32.1 Å². The molecular weight excluding hydrogens is 226 g/mol. The van der Waals surface area contributed by atoms with Crippen molar-refractivity contribution in [3.63, 3.8) is 0 Å². The molecule has 1 rings (SSSR count). The summed E-state index contributed by atoms with van der Waals surface area (Å²) in [5.41, 5.74) is 1.50. The lowest BCUT2D eigenvalue weighted by Crippen LogP contribution is -2.26. The number of carbonyl (C=O) groups excluding carboxylic acids is 1. The number of hydrogen-bond donors (Lipinski definition) is 1. The van der Waals surface area contributed by atoms with Gasteiger partial charge in [-0.25, -0.2) is 0 Å². The molecule has 16 heavy (non-hydrogen) atoms. The average Bonchev–Trinajstić information content (AvgIpc) is 2.59. The summed E-state index contributed by atoms with van der Waals surface area (Å²) in [6.07, 6.45) is 3.30. The quantitative estimate of drug-likeness (QED) is 0.803. The van der Waals surface area contributed by atoms with E-state index in [1.54, 1.807) is 10.9 Å². The van der Waals surface area contributed by atoms with E-state index in [1.165, 1.54) is 0 Å². The Morgan fingerprint density at radius 3 is 2.88 bits per heavy atom. The second kappa shape index (κ2) is 5.89. The van der Waals surface area contributed by atoms with Gasteiger partial charge in [0.15, 0.2) is 0 Å². The Balaban J connectivity index is 2.44. The van der Waals surface area contributed by atoms with Gasteiger partial charge in [-0.3, -0.25) is 9.48 Å². The summed E-state index contributed by atoms with van der Waals surface area (Å²) >= 11 is 5.96. The molecule has 0 radical (unpaired) electrons. The summed E-state index contributed by atoms with van der Waals surface area (Å²) in [4.78, 5) is 11.7. The lowest BCUT2D eigenvalue weighted by molar-refractivity contribution is 0.0952. The standard InChI is InChI=1S/C11H18ClN3O/c1-4-9(12)5-6-13-11(16)10-7-14-15(3)8(10)2/h7,9H,4-6H2,1-3H3,(H,13,16). The first-order valence-electron chi connectivity index (χ1n) is 5.47. The van der Waals surface area contributed by atoms with Crippen LogP contribution in [0.25, 0.3) is 0 Å². The molecule has 1 N–H and O–H groups in total. The Morgan fingerprint density at radius 1 is 1.69 bits per heavy atom. The minimum absolute atomic E-state index is 0.0782. The molecule has 0 fully saturated rings. The summed E-state index contributed by atoms with van der Waals surface area (Å²) < 4.78 is 1.69. The highest BCUT2D eigenvalue weighted by Crippen LogP contribution is 2.07. The monoisotopic (exact) mass is 243 g/mol. The summed E-state index contributed by atoms with van der Waals surface area (Å²) in [6.45, 7) is 4.51. The van der Waals surface area contributed by atoms with Gasteiger partial charge in [-0.2, -0.15) is 5.10 Å². The molecule has 4 nitrogen and oxygen atoms in total. The van der Waals surface area contributed by atoms with Crippen LogP contribution in [0.3, 0.4) is 0 Å². The number of nitrogens with one attached hydrogen (secondary N) is 1. The normalized spacial score (nSPS) is 12.5. The zero-order chi connectivity index (χ0) is 12.1. The van der Waals surface area contributed by atoms with Gasteiger partial charge in [0.2, 0.25) is 0 Å². The molecule has 1 heterocycles. The first-order valence-corrected chi connectivity index (χ1v) is 5.90. The van der Waals surface area contributed by atoms with E-state index < -0.39 is 0 Å². The summed E-state index contributed by atoms with van der Waals surface area (Å²) in [7, 11) is 1.82. The predicted octanol–water partition coefficient (Wildman–Crippen LogP) is 1.87. The van der Waals surface area contributed by atoms with Gasteiger partial charge in [0.1, 0.15) is 0 Å². The molecule has 0 aliphatic rings. The molecule has 1 aromatic heterocycles. The van der Waals surface area contributed by atoms with Gasteiger partial charge in [-0.1, -0.05) is 6.92 Å². The Morgan fingerprint density at radius 2 is 2.38 bits per heavy atom. The van der Waals surface area contributed by atoms with E-state index in [0.717, 1.165) is 18.5 Å². The first-order chi connectivity index (χ1) is 7.56. The van der Waals surface area contributed by atoms with Crippen LogP contribution in [-0.2, 0) is 7.05 Å². The average molecular weight is 244 g/mol. The maximum Gasteiger partial charge on any atom is 0.254 e. The van der Waals surface area contributed by atoms with Gasteiger partial charge >= 0.3 is 0 Å². The molecule has 90 valence electrons. The number of aromatic nitrogens is 2. The van der Waals surface area contributed by atoms with Gasteiger partial charge in [-0.15, -0.1) is 11.6 Å². The number of rotatable bonds is 5. The van der Waals surface area contributed by atoms with Crippen molar-refractivity contribution in [2.24, 2.45) is 7.05 Å². The van der Waals surface area contributed by atoms with Gasteiger partial charge in [0, 0.05) is 24.7 Å². The van der Waals surface area contributed by atoms with Crippen molar-refractivity contribution in [1.82, 2.24) is 15.1 Å². The molecule has 0 saturated heterocycles. The zero-order valence-corrected chi connectivity index (χ0v) is 10.7. The molecule has 1 atom stereocenters. The molecule has 0 spiro atoms. The molecule has 5 heteroatoms. The topological polar surface area (TPSA) is 46.9 Å². The summed E-state index contributed by atoms with van der Waals surface area (Å²) in [5, 5.41) is 7.00. The fraction of sp³-hybridized carbons (Fsp3) is 0.636. The summed E-state index contributed by atoms with van der Waals surface area (Å²) in [6, 6.07) is 0. The molecule has 0 aromatic carbocycles. The van der Waals surface area contributed by atoms with Crippen LogP contribution in [0.5, 0.6) is 0 Å². The predicted molar refractivity (Wildman–Crippen MR) is 64.8 cm³/mol. The second-order valence-electron chi connectivity index (χ2n) is 3.82. The summed E-state index contributed by atoms with van der Waals surface area (Å²) in [5.74, 6) is -0.0782. The van der Waals surface area contributed by atoms with E-state index in [0.29, 0.717) is 12.1 Å². The molecule has 0 saturated carbocycles. The zero-order valence-electron chi connectivity index (χ0n) is 9.96. The number of aryl methyl sites for hydroxylation is 1. The Hall–Kier alpha value is -1.03. The lowest BCUT2D eigenvalue weighted by atomic mass is 10.2. The molecule has 0 aliphatic carbocycles. The third kappa shape index (κ3) is 3.23. The van der Waals surface area contributed by atoms with E-state index in [9.17, 15) is 4.79 Å². The van der Waals surface area contributed by atoms with Gasteiger partial charge < -0.3 is 5.32 Å². The van der Waals surface area contributed by atoms with Crippen LogP contribution < -0.4 is 5.32 Å². The maximum atomic E-state index is 11.7. The van der Waals surface area contributed by atoms with Gasteiger partial charge in [-0.05, 0) is 19.8 Å². The van der Waals surface area contributed by atoms with Crippen molar-refractivity contribution in [3.05, 3.63) is 17.5 Å². The third-order valence-corrected chi connectivity index (χ3v) is 3.19. The Kier molecular flexibility index (Phi) is 4.80. The van der Waals surface area contributed by atoms with Crippen LogP contribution in [0.4, 0.5) is 0 Å².